The molecule has 1 heterocycles. The van der Waals surface area contributed by atoms with E-state index in [1.807, 2.05) is 60.7 Å². The first kappa shape index (κ1) is 38.3. The number of hydrogen-bond acceptors (Lipinski definition) is 11. The number of nitro groups is 1. The molecule has 5 rings (SSSR count). The van der Waals surface area contributed by atoms with Crippen molar-refractivity contribution in [3.63, 3.8) is 0 Å². The van der Waals surface area contributed by atoms with Crippen LogP contribution in [0.1, 0.15) is 29.2 Å². The Labute approximate surface area is 307 Å². The molecule has 1 amide bonds. The van der Waals surface area contributed by atoms with Crippen LogP contribution in [0.2, 0.25) is 0 Å². The maximum absolute atomic E-state index is 14.3. The van der Waals surface area contributed by atoms with Crippen molar-refractivity contribution in [2.24, 2.45) is 5.92 Å². The Hall–Kier alpha value is -5.95. The third kappa shape index (κ3) is 9.69. The van der Waals surface area contributed by atoms with E-state index in [1.165, 1.54) is 24.3 Å². The molecule has 13 heteroatoms. The van der Waals surface area contributed by atoms with Crippen molar-refractivity contribution in [1.29, 1.82) is 0 Å². The van der Waals surface area contributed by atoms with Crippen LogP contribution in [-0.2, 0) is 49.9 Å². The summed E-state index contributed by atoms with van der Waals surface area (Å²) in [7, 11) is 4.75. The Morgan fingerprint density at radius 3 is 1.66 bits per heavy atom. The molecule has 0 saturated carbocycles. The van der Waals surface area contributed by atoms with Crippen molar-refractivity contribution >= 4 is 24.0 Å². The summed E-state index contributed by atoms with van der Waals surface area (Å²) in [6.45, 7) is 1.45. The average molecular weight is 727 g/mol. The predicted octanol–water partition coefficient (Wildman–Crippen LogP) is 6.13. The van der Waals surface area contributed by atoms with Gasteiger partial charge in [-0.05, 0) is 90.6 Å². The van der Waals surface area contributed by atoms with Crippen LogP contribution in [0.5, 0.6) is 17.2 Å². The smallest absolute Gasteiger partial charge is 0.497 e. The minimum Gasteiger partial charge on any atom is -0.497 e. The Morgan fingerprint density at radius 2 is 1.21 bits per heavy atom. The third-order valence-electron chi connectivity index (χ3n) is 9.25. The normalized spacial score (nSPS) is 16.2. The van der Waals surface area contributed by atoms with E-state index in [1.54, 1.807) is 45.3 Å². The van der Waals surface area contributed by atoms with Gasteiger partial charge in [0.25, 0.3) is 5.69 Å². The highest BCUT2D eigenvalue weighted by atomic mass is 16.7. The molecule has 0 radical (unpaired) electrons. The summed E-state index contributed by atoms with van der Waals surface area (Å²) in [4.78, 5) is 52.1. The molecule has 278 valence electrons. The van der Waals surface area contributed by atoms with E-state index < -0.39 is 41.3 Å². The van der Waals surface area contributed by atoms with E-state index in [2.05, 4.69) is 0 Å². The Kier molecular flexibility index (Phi) is 13.0. The van der Waals surface area contributed by atoms with Crippen LogP contribution in [0.4, 0.5) is 10.5 Å². The van der Waals surface area contributed by atoms with Gasteiger partial charge in [0.2, 0.25) is 5.91 Å². The Balaban J connectivity index is 1.40. The molecule has 0 aromatic heterocycles. The number of β-lactam (4-membered cyclic amide) rings is 1. The van der Waals surface area contributed by atoms with Crippen LogP contribution in [-0.4, -0.2) is 73.8 Å². The first-order chi connectivity index (χ1) is 25.6. The lowest BCUT2D eigenvalue weighted by atomic mass is 9.77. The topological polar surface area (TPSA) is 153 Å². The van der Waals surface area contributed by atoms with Crippen molar-refractivity contribution < 1.29 is 47.7 Å². The summed E-state index contributed by atoms with van der Waals surface area (Å²) in [6.07, 6.45) is -1.53. The maximum Gasteiger partial charge on any atom is 0.508 e. The van der Waals surface area contributed by atoms with Gasteiger partial charge in [-0.2, -0.15) is 0 Å². The summed E-state index contributed by atoms with van der Waals surface area (Å²) < 4.78 is 33.0. The lowest BCUT2D eigenvalue weighted by Crippen LogP contribution is -2.72. The molecule has 4 unspecified atom stereocenters. The number of ether oxygens (including phenoxy) is 6. The fraction of sp³-hybridized carbons (Fsp3) is 0.325. The second kappa shape index (κ2) is 18.0. The molecule has 0 N–H and O–H groups in total. The summed E-state index contributed by atoms with van der Waals surface area (Å²) in [5.41, 5.74) is 3.09. The molecule has 4 atom stereocenters. The van der Waals surface area contributed by atoms with Crippen LogP contribution >= 0.6 is 0 Å². The lowest BCUT2D eigenvalue weighted by molar-refractivity contribution is -0.384. The Bertz CT molecular complexity index is 1780. The minimum absolute atomic E-state index is 0.0762. The van der Waals surface area contributed by atoms with Gasteiger partial charge in [0.1, 0.15) is 36.1 Å². The van der Waals surface area contributed by atoms with Gasteiger partial charge < -0.3 is 38.1 Å². The number of carbonyl (C=O) groups is 3. The molecule has 1 aliphatic heterocycles. The highest BCUT2D eigenvalue weighted by molar-refractivity contribution is 5.89. The summed E-state index contributed by atoms with van der Waals surface area (Å²) in [5, 5.41) is 11.0. The van der Waals surface area contributed by atoms with Crippen LogP contribution in [0, 0.1) is 16.0 Å². The van der Waals surface area contributed by atoms with Gasteiger partial charge in [-0.3, -0.25) is 14.9 Å². The zero-order valence-electron chi connectivity index (χ0n) is 29.9. The van der Waals surface area contributed by atoms with Crippen LogP contribution < -0.4 is 14.2 Å². The molecular weight excluding hydrogens is 684 g/mol. The SMILES string of the molecule is COc1ccc(COC(C=O)C2C(C(C)OC(=O)OCc3ccc([N+](=O)[O-])cc3)C(=O)N2C(Cc2ccc(OC)cc2)Cc2ccc(OC)cc2)cc1. The van der Waals surface area contributed by atoms with Gasteiger partial charge in [0.05, 0.1) is 44.8 Å². The number of nitro benzene ring substituents is 1. The van der Waals surface area contributed by atoms with Gasteiger partial charge in [0, 0.05) is 18.2 Å². The van der Waals surface area contributed by atoms with Crippen LogP contribution in [0.25, 0.3) is 0 Å². The van der Waals surface area contributed by atoms with E-state index >= 15 is 0 Å². The fourth-order valence-electron chi connectivity index (χ4n) is 6.40. The average Bonchev–Trinajstić information content (AvgIpc) is 3.17. The first-order valence-electron chi connectivity index (χ1n) is 17.0. The molecule has 1 aliphatic rings. The van der Waals surface area contributed by atoms with Gasteiger partial charge in [-0.15, -0.1) is 0 Å². The van der Waals surface area contributed by atoms with Gasteiger partial charge in [-0.1, -0.05) is 36.4 Å². The van der Waals surface area contributed by atoms with E-state index in [4.69, 9.17) is 28.4 Å². The van der Waals surface area contributed by atoms with Crippen molar-refractivity contribution in [2.45, 2.75) is 57.3 Å². The van der Waals surface area contributed by atoms with Crippen molar-refractivity contribution in [3.8, 4) is 17.2 Å². The summed E-state index contributed by atoms with van der Waals surface area (Å²) >= 11 is 0. The zero-order chi connectivity index (χ0) is 37.9. The first-order valence-corrected chi connectivity index (χ1v) is 17.0. The van der Waals surface area contributed by atoms with Crippen molar-refractivity contribution in [1.82, 2.24) is 4.90 Å². The molecule has 1 fully saturated rings. The van der Waals surface area contributed by atoms with E-state index in [9.17, 15) is 24.5 Å². The maximum atomic E-state index is 14.3. The fourth-order valence-corrected chi connectivity index (χ4v) is 6.40. The van der Waals surface area contributed by atoms with E-state index in [-0.39, 0.29) is 24.8 Å². The van der Waals surface area contributed by atoms with E-state index in [0.29, 0.717) is 41.9 Å². The largest absolute Gasteiger partial charge is 0.508 e. The molecule has 0 aliphatic carbocycles. The standard InChI is InChI=1S/C40H42N2O11/c1-26(53-40(45)52-25-29-5-13-31(14-6-29)42(46)47)37-38(36(23-43)51-24-30-11-19-35(50-4)20-12-30)41(39(37)44)32(21-27-7-15-33(48-2)16-8-27)22-28-9-17-34(49-3)18-10-28/h5-20,23,26,32,36-38H,21-22,24-25H2,1-4H3. The monoisotopic (exact) mass is 726 g/mol. The number of rotatable bonds is 18. The summed E-state index contributed by atoms with van der Waals surface area (Å²) in [6, 6.07) is 26.7. The predicted molar refractivity (Wildman–Crippen MR) is 193 cm³/mol. The molecule has 0 spiro atoms. The van der Waals surface area contributed by atoms with Gasteiger partial charge in [0.15, 0.2) is 6.29 Å². The van der Waals surface area contributed by atoms with Crippen LogP contribution in [0.15, 0.2) is 97.1 Å². The van der Waals surface area contributed by atoms with Gasteiger partial charge in [-0.25, -0.2) is 4.79 Å². The summed E-state index contributed by atoms with van der Waals surface area (Å²) in [5.74, 6) is 0.818. The number of amides is 1. The van der Waals surface area contributed by atoms with Gasteiger partial charge >= 0.3 is 6.16 Å². The Morgan fingerprint density at radius 1 is 0.755 bits per heavy atom. The van der Waals surface area contributed by atoms with E-state index in [0.717, 1.165) is 16.7 Å². The number of nitrogens with zero attached hydrogens (tertiary/aromatic N) is 2. The number of aldehydes is 1. The minimum atomic E-state index is -1.07. The second-order valence-corrected chi connectivity index (χ2v) is 12.6. The number of benzene rings is 4. The molecule has 4 aromatic rings. The molecule has 0 bridgehead atoms. The number of hydrogen-bond donors (Lipinski definition) is 0. The number of likely N-dealkylation sites (tertiary alicyclic amines) is 1. The molecule has 4 aromatic carbocycles. The highest BCUT2D eigenvalue weighted by Crippen LogP contribution is 2.38. The zero-order valence-corrected chi connectivity index (χ0v) is 29.9. The second-order valence-electron chi connectivity index (χ2n) is 12.6. The van der Waals surface area contributed by atoms with Crippen LogP contribution in [0.3, 0.4) is 0 Å². The number of methoxy groups -OCH3 is 3. The number of non-ortho nitro benzene ring substituents is 1. The quantitative estimate of drug-likeness (QED) is 0.0383. The molecular formula is C40H42N2O11. The van der Waals surface area contributed by atoms with Crippen molar-refractivity contribution in [3.05, 3.63) is 129 Å². The van der Waals surface area contributed by atoms with Crippen molar-refractivity contribution in [2.75, 3.05) is 21.3 Å². The third-order valence-corrected chi connectivity index (χ3v) is 9.25. The lowest BCUT2D eigenvalue weighted by Gasteiger charge is -2.54. The molecule has 13 nitrogen and oxygen atoms in total. The molecule has 1 saturated heterocycles. The number of carbonyl (C=O) groups excluding carboxylic acids is 3. The molecule has 53 heavy (non-hydrogen) atoms. The highest BCUT2D eigenvalue weighted by Gasteiger charge is 2.57.